The van der Waals surface area contributed by atoms with Gasteiger partial charge in [-0.2, -0.15) is 0 Å². The van der Waals surface area contributed by atoms with Gasteiger partial charge in [0.1, 0.15) is 0 Å². The molecule has 0 amide bonds. The van der Waals surface area contributed by atoms with E-state index in [0.29, 0.717) is 11.5 Å². The molecule has 0 radical (unpaired) electrons. The van der Waals surface area contributed by atoms with Gasteiger partial charge in [0.25, 0.3) is 0 Å². The van der Waals surface area contributed by atoms with E-state index in [-0.39, 0.29) is 0 Å². The maximum absolute atomic E-state index is 5.69. The van der Waals surface area contributed by atoms with Gasteiger partial charge < -0.3 is 11.1 Å². The third-order valence-electron chi connectivity index (χ3n) is 5.34. The summed E-state index contributed by atoms with van der Waals surface area (Å²) in [4.78, 5) is 0. The molecule has 2 heteroatoms. The normalized spacial score (nSPS) is 47.2. The smallest absolute Gasteiger partial charge is 0.0162 e. The van der Waals surface area contributed by atoms with E-state index in [1.807, 2.05) is 0 Å². The molecule has 3 N–H and O–H groups in total. The number of rotatable bonds is 4. The zero-order valence-corrected chi connectivity index (χ0v) is 10.5. The molecule has 4 fully saturated rings. The van der Waals surface area contributed by atoms with Crippen LogP contribution in [-0.2, 0) is 0 Å². The molecule has 0 aromatic carbocycles. The minimum atomic E-state index is 0.494. The molecule has 4 bridgehead atoms. The van der Waals surface area contributed by atoms with Crippen LogP contribution in [0.2, 0.25) is 0 Å². The minimum absolute atomic E-state index is 0.494. The van der Waals surface area contributed by atoms with E-state index >= 15 is 0 Å². The van der Waals surface area contributed by atoms with Crippen molar-refractivity contribution in [3.8, 4) is 0 Å². The predicted molar refractivity (Wildman–Crippen MR) is 67.1 cm³/mol. The van der Waals surface area contributed by atoms with Gasteiger partial charge in [-0.25, -0.2) is 0 Å². The first kappa shape index (κ1) is 11.0. The first-order valence-corrected chi connectivity index (χ1v) is 7.12. The monoisotopic (exact) mass is 222 g/mol. The van der Waals surface area contributed by atoms with Crippen molar-refractivity contribution >= 4 is 0 Å². The maximum Gasteiger partial charge on any atom is 0.0162 e. The Hall–Kier alpha value is -0.0800. The van der Waals surface area contributed by atoms with Gasteiger partial charge in [0, 0.05) is 19.1 Å². The van der Waals surface area contributed by atoms with Crippen molar-refractivity contribution in [1.82, 2.24) is 5.32 Å². The van der Waals surface area contributed by atoms with Gasteiger partial charge in [0.05, 0.1) is 0 Å². The van der Waals surface area contributed by atoms with E-state index in [4.69, 9.17) is 5.73 Å². The molecule has 0 unspecified atom stereocenters. The van der Waals surface area contributed by atoms with Crippen LogP contribution in [0.1, 0.15) is 45.4 Å². The van der Waals surface area contributed by atoms with Crippen LogP contribution < -0.4 is 11.1 Å². The van der Waals surface area contributed by atoms with Gasteiger partial charge in [-0.3, -0.25) is 0 Å². The Morgan fingerprint density at radius 3 is 2.06 bits per heavy atom. The topological polar surface area (TPSA) is 38.0 Å². The molecule has 4 aliphatic rings. The number of hydrogen-bond donors (Lipinski definition) is 2. The number of nitrogens with two attached hydrogens (primary N) is 1. The van der Waals surface area contributed by atoms with Gasteiger partial charge in [-0.05, 0) is 68.6 Å². The molecule has 0 heterocycles. The summed E-state index contributed by atoms with van der Waals surface area (Å²) in [5.41, 5.74) is 6.35. The van der Waals surface area contributed by atoms with Crippen LogP contribution in [0.15, 0.2) is 0 Å². The van der Waals surface area contributed by atoms with E-state index in [9.17, 15) is 0 Å². The van der Waals surface area contributed by atoms with Crippen molar-refractivity contribution in [2.75, 3.05) is 13.1 Å². The summed E-state index contributed by atoms with van der Waals surface area (Å²) in [6.45, 7) is 4.21. The lowest BCUT2D eigenvalue weighted by Crippen LogP contribution is -2.52. The lowest BCUT2D eigenvalue weighted by atomic mass is 9.49. The van der Waals surface area contributed by atoms with E-state index in [0.717, 1.165) is 24.3 Å². The van der Waals surface area contributed by atoms with E-state index in [1.54, 1.807) is 19.3 Å². The zero-order chi connectivity index (χ0) is 11.2. The fraction of sp³-hybridized carbons (Fsp3) is 1.00. The molecule has 0 spiro atoms. The summed E-state index contributed by atoms with van der Waals surface area (Å²) in [6.07, 6.45) is 9.15. The third-order valence-corrected chi connectivity index (χ3v) is 5.34. The highest BCUT2D eigenvalue weighted by molar-refractivity contribution is 5.02. The molecule has 4 aliphatic carbocycles. The van der Waals surface area contributed by atoms with Gasteiger partial charge in [0.2, 0.25) is 0 Å². The van der Waals surface area contributed by atoms with Gasteiger partial charge in [-0.15, -0.1) is 0 Å². The molecule has 0 saturated heterocycles. The van der Waals surface area contributed by atoms with Crippen molar-refractivity contribution in [3.05, 3.63) is 0 Å². The highest BCUT2D eigenvalue weighted by Crippen LogP contribution is 2.59. The standard InChI is InChI=1S/C14H26N2/c1-10(8-15)16-9-14-5-11-2-12(6-14)4-13(3-11)7-14/h10-13,16H,2-9,15H2,1H3/t10-,11?,12?,13?,14?/m1/s1. The summed E-state index contributed by atoms with van der Waals surface area (Å²) in [7, 11) is 0. The van der Waals surface area contributed by atoms with Crippen molar-refractivity contribution < 1.29 is 0 Å². The Labute approximate surface area is 99.4 Å². The average molecular weight is 222 g/mol. The van der Waals surface area contributed by atoms with Gasteiger partial charge in [-0.1, -0.05) is 0 Å². The average Bonchev–Trinajstić information content (AvgIpc) is 2.24. The minimum Gasteiger partial charge on any atom is -0.329 e. The summed E-state index contributed by atoms with van der Waals surface area (Å²) in [5.74, 6) is 3.21. The Kier molecular flexibility index (Phi) is 2.75. The van der Waals surface area contributed by atoms with Crippen LogP contribution in [0.25, 0.3) is 0 Å². The molecule has 1 atom stereocenters. The molecule has 4 rings (SSSR count). The summed E-state index contributed by atoms with van der Waals surface area (Å²) in [6, 6.07) is 0.494. The molecular formula is C14H26N2. The van der Waals surface area contributed by atoms with Crippen molar-refractivity contribution in [3.63, 3.8) is 0 Å². The second kappa shape index (κ2) is 3.99. The van der Waals surface area contributed by atoms with Crippen LogP contribution in [0, 0.1) is 23.2 Å². The Bertz CT molecular complexity index is 226. The molecule has 0 aliphatic heterocycles. The lowest BCUT2D eigenvalue weighted by molar-refractivity contribution is -0.0521. The summed E-state index contributed by atoms with van der Waals surface area (Å²) < 4.78 is 0. The van der Waals surface area contributed by atoms with E-state index in [1.165, 1.54) is 25.8 Å². The van der Waals surface area contributed by atoms with Crippen molar-refractivity contribution in [2.24, 2.45) is 28.9 Å². The summed E-state index contributed by atoms with van der Waals surface area (Å²) >= 11 is 0. The van der Waals surface area contributed by atoms with Crippen LogP contribution in [0.3, 0.4) is 0 Å². The molecule has 4 saturated carbocycles. The molecule has 2 nitrogen and oxygen atoms in total. The predicted octanol–water partition coefficient (Wildman–Crippen LogP) is 2.14. The highest BCUT2D eigenvalue weighted by Gasteiger charge is 2.50. The molecular weight excluding hydrogens is 196 g/mol. The van der Waals surface area contributed by atoms with Crippen LogP contribution in [0.5, 0.6) is 0 Å². The van der Waals surface area contributed by atoms with Crippen LogP contribution in [0.4, 0.5) is 0 Å². The van der Waals surface area contributed by atoms with Crippen LogP contribution >= 0.6 is 0 Å². The molecule has 16 heavy (non-hydrogen) atoms. The lowest BCUT2D eigenvalue weighted by Gasteiger charge is -2.57. The van der Waals surface area contributed by atoms with Crippen molar-refractivity contribution in [2.45, 2.75) is 51.5 Å². The molecule has 0 aromatic rings. The first-order chi connectivity index (χ1) is 7.69. The van der Waals surface area contributed by atoms with E-state index in [2.05, 4.69) is 12.2 Å². The Morgan fingerprint density at radius 2 is 1.62 bits per heavy atom. The largest absolute Gasteiger partial charge is 0.329 e. The van der Waals surface area contributed by atoms with Crippen molar-refractivity contribution in [1.29, 1.82) is 0 Å². The zero-order valence-electron chi connectivity index (χ0n) is 10.5. The maximum atomic E-state index is 5.69. The fourth-order valence-electron chi connectivity index (χ4n) is 4.98. The second-order valence-corrected chi connectivity index (χ2v) is 6.94. The van der Waals surface area contributed by atoms with Gasteiger partial charge in [0.15, 0.2) is 0 Å². The molecule has 0 aromatic heterocycles. The van der Waals surface area contributed by atoms with E-state index < -0.39 is 0 Å². The Morgan fingerprint density at radius 1 is 1.12 bits per heavy atom. The Balaban J connectivity index is 1.64. The SMILES string of the molecule is C[C@H](CN)NCC12CC3CC(CC(C3)C1)C2. The number of nitrogens with one attached hydrogen (secondary N) is 1. The quantitative estimate of drug-likeness (QED) is 0.765. The highest BCUT2D eigenvalue weighted by atomic mass is 14.9. The first-order valence-electron chi connectivity index (χ1n) is 7.12. The number of hydrogen-bond acceptors (Lipinski definition) is 2. The summed E-state index contributed by atoms with van der Waals surface area (Å²) in [5, 5.41) is 3.66. The second-order valence-electron chi connectivity index (χ2n) is 6.94. The van der Waals surface area contributed by atoms with Gasteiger partial charge >= 0.3 is 0 Å². The molecule has 92 valence electrons. The van der Waals surface area contributed by atoms with Crippen LogP contribution in [-0.4, -0.2) is 19.1 Å². The fourth-order valence-corrected chi connectivity index (χ4v) is 4.98. The third kappa shape index (κ3) is 1.91.